The number of anilines is 3. The fraction of sp³-hybridized carbons (Fsp3) is 0.786. The maximum atomic E-state index is 4.54. The molecular formula is C14H27N7. The SMILES string of the molecule is CNc1nc(N(C)C)nc(N(C)CC2CCN(C)CC2)n1. The van der Waals surface area contributed by atoms with E-state index in [2.05, 4.69) is 44.2 Å². The zero-order valence-corrected chi connectivity index (χ0v) is 13.8. The summed E-state index contributed by atoms with van der Waals surface area (Å²) < 4.78 is 0. The number of likely N-dealkylation sites (tertiary alicyclic amines) is 1. The van der Waals surface area contributed by atoms with Crippen LogP contribution in [-0.4, -0.2) is 74.7 Å². The fourth-order valence-electron chi connectivity index (χ4n) is 2.55. The molecule has 0 radical (unpaired) electrons. The molecule has 0 aliphatic carbocycles. The smallest absolute Gasteiger partial charge is 0.231 e. The van der Waals surface area contributed by atoms with Crippen LogP contribution in [0.1, 0.15) is 12.8 Å². The summed E-state index contributed by atoms with van der Waals surface area (Å²) in [5.41, 5.74) is 0. The largest absolute Gasteiger partial charge is 0.357 e. The summed E-state index contributed by atoms with van der Waals surface area (Å²) in [6, 6.07) is 0. The molecule has 2 heterocycles. The van der Waals surface area contributed by atoms with E-state index in [1.165, 1.54) is 25.9 Å². The summed E-state index contributed by atoms with van der Waals surface area (Å²) in [7, 11) is 9.96. The first-order chi connectivity index (χ1) is 9.99. The quantitative estimate of drug-likeness (QED) is 0.860. The van der Waals surface area contributed by atoms with E-state index in [0.29, 0.717) is 17.8 Å². The molecule has 2 rings (SSSR count). The Morgan fingerprint density at radius 1 is 1.10 bits per heavy atom. The Labute approximate surface area is 127 Å². The van der Waals surface area contributed by atoms with Gasteiger partial charge in [-0.2, -0.15) is 15.0 Å². The van der Waals surface area contributed by atoms with Crippen LogP contribution in [-0.2, 0) is 0 Å². The number of rotatable bonds is 5. The molecule has 1 fully saturated rings. The Kier molecular flexibility index (Phi) is 5.17. The first-order valence-electron chi connectivity index (χ1n) is 7.50. The molecule has 1 aromatic rings. The van der Waals surface area contributed by atoms with Gasteiger partial charge in [0.05, 0.1) is 0 Å². The number of hydrogen-bond donors (Lipinski definition) is 1. The number of nitrogens with zero attached hydrogens (tertiary/aromatic N) is 6. The lowest BCUT2D eigenvalue weighted by Gasteiger charge is -2.31. The van der Waals surface area contributed by atoms with Crippen molar-refractivity contribution < 1.29 is 0 Å². The lowest BCUT2D eigenvalue weighted by molar-refractivity contribution is 0.222. The van der Waals surface area contributed by atoms with Gasteiger partial charge in [0.15, 0.2) is 0 Å². The highest BCUT2D eigenvalue weighted by molar-refractivity contribution is 5.43. The molecule has 7 heteroatoms. The molecule has 0 saturated carbocycles. The van der Waals surface area contributed by atoms with E-state index in [-0.39, 0.29) is 0 Å². The van der Waals surface area contributed by atoms with Gasteiger partial charge in [-0.1, -0.05) is 0 Å². The summed E-state index contributed by atoms with van der Waals surface area (Å²) in [4.78, 5) is 19.8. The van der Waals surface area contributed by atoms with Crippen molar-refractivity contribution in [3.63, 3.8) is 0 Å². The second kappa shape index (κ2) is 6.89. The van der Waals surface area contributed by atoms with Gasteiger partial charge >= 0.3 is 0 Å². The molecule has 0 atom stereocenters. The molecule has 1 aliphatic heterocycles. The summed E-state index contributed by atoms with van der Waals surface area (Å²) in [5.74, 6) is 2.74. The van der Waals surface area contributed by atoms with Crippen LogP contribution in [0, 0.1) is 5.92 Å². The van der Waals surface area contributed by atoms with Crippen LogP contribution in [0.25, 0.3) is 0 Å². The molecular weight excluding hydrogens is 266 g/mol. The van der Waals surface area contributed by atoms with Gasteiger partial charge in [0, 0.05) is 34.7 Å². The van der Waals surface area contributed by atoms with Crippen molar-refractivity contribution in [2.24, 2.45) is 5.92 Å². The Balaban J connectivity index is 2.07. The Morgan fingerprint density at radius 3 is 2.29 bits per heavy atom. The maximum absolute atomic E-state index is 4.54. The van der Waals surface area contributed by atoms with Crippen molar-refractivity contribution in [3.05, 3.63) is 0 Å². The van der Waals surface area contributed by atoms with Crippen LogP contribution in [0.4, 0.5) is 17.8 Å². The van der Waals surface area contributed by atoms with Crippen molar-refractivity contribution in [1.29, 1.82) is 0 Å². The van der Waals surface area contributed by atoms with Gasteiger partial charge in [-0.05, 0) is 38.9 Å². The molecule has 7 nitrogen and oxygen atoms in total. The number of piperidine rings is 1. The minimum atomic E-state index is 0.610. The lowest BCUT2D eigenvalue weighted by Crippen LogP contribution is -2.36. The second-order valence-corrected chi connectivity index (χ2v) is 6.03. The van der Waals surface area contributed by atoms with Crippen molar-refractivity contribution in [3.8, 4) is 0 Å². The molecule has 0 aromatic carbocycles. The molecule has 1 aromatic heterocycles. The molecule has 21 heavy (non-hydrogen) atoms. The number of hydrogen-bond acceptors (Lipinski definition) is 7. The van der Waals surface area contributed by atoms with Crippen LogP contribution in [0.15, 0.2) is 0 Å². The van der Waals surface area contributed by atoms with Crippen LogP contribution in [0.3, 0.4) is 0 Å². The molecule has 0 spiro atoms. The van der Waals surface area contributed by atoms with Gasteiger partial charge in [-0.25, -0.2) is 0 Å². The molecule has 1 N–H and O–H groups in total. The summed E-state index contributed by atoms with van der Waals surface area (Å²) in [5, 5.41) is 3.00. The van der Waals surface area contributed by atoms with E-state index in [1.54, 1.807) is 0 Å². The molecule has 0 unspecified atom stereocenters. The highest BCUT2D eigenvalue weighted by Crippen LogP contribution is 2.20. The van der Waals surface area contributed by atoms with E-state index >= 15 is 0 Å². The van der Waals surface area contributed by atoms with Crippen LogP contribution in [0.2, 0.25) is 0 Å². The normalized spacial score (nSPS) is 16.8. The van der Waals surface area contributed by atoms with Gasteiger partial charge in [0.25, 0.3) is 0 Å². The molecule has 0 bridgehead atoms. The van der Waals surface area contributed by atoms with Gasteiger partial charge in [0.1, 0.15) is 0 Å². The third-order valence-electron chi connectivity index (χ3n) is 3.95. The highest BCUT2D eigenvalue weighted by atomic mass is 15.3. The standard InChI is InChI=1S/C14H27N7/c1-15-12-16-13(19(2)3)18-14(17-12)21(5)10-11-6-8-20(4)9-7-11/h11H,6-10H2,1-5H3,(H,15,16,17,18). The van der Waals surface area contributed by atoms with Crippen LogP contribution < -0.4 is 15.1 Å². The first kappa shape index (κ1) is 15.8. The Morgan fingerprint density at radius 2 is 1.71 bits per heavy atom. The minimum Gasteiger partial charge on any atom is -0.357 e. The topological polar surface area (TPSA) is 60.4 Å². The van der Waals surface area contributed by atoms with Gasteiger partial charge in [-0.3, -0.25) is 0 Å². The van der Waals surface area contributed by atoms with E-state index in [0.717, 1.165) is 12.5 Å². The zero-order valence-electron chi connectivity index (χ0n) is 13.8. The summed E-state index contributed by atoms with van der Waals surface area (Å²) >= 11 is 0. The third-order valence-corrected chi connectivity index (χ3v) is 3.95. The highest BCUT2D eigenvalue weighted by Gasteiger charge is 2.20. The first-order valence-corrected chi connectivity index (χ1v) is 7.50. The lowest BCUT2D eigenvalue weighted by atomic mass is 9.97. The van der Waals surface area contributed by atoms with Gasteiger partial charge in [0.2, 0.25) is 17.8 Å². The Hall–Kier alpha value is -1.63. The average Bonchev–Trinajstić information content (AvgIpc) is 2.49. The minimum absolute atomic E-state index is 0.610. The second-order valence-electron chi connectivity index (χ2n) is 6.03. The van der Waals surface area contributed by atoms with E-state index in [4.69, 9.17) is 0 Å². The maximum Gasteiger partial charge on any atom is 0.231 e. The van der Waals surface area contributed by atoms with E-state index < -0.39 is 0 Å². The van der Waals surface area contributed by atoms with Crippen molar-refractivity contribution in [1.82, 2.24) is 19.9 Å². The van der Waals surface area contributed by atoms with Crippen molar-refractivity contribution in [2.75, 3.05) is 70.0 Å². The Bertz CT molecular complexity index is 455. The van der Waals surface area contributed by atoms with Crippen LogP contribution in [0.5, 0.6) is 0 Å². The van der Waals surface area contributed by atoms with E-state index in [9.17, 15) is 0 Å². The summed E-state index contributed by atoms with van der Waals surface area (Å²) in [6.45, 7) is 3.36. The predicted octanol–water partition coefficient (Wildman–Crippen LogP) is 0.757. The van der Waals surface area contributed by atoms with Crippen molar-refractivity contribution >= 4 is 17.8 Å². The van der Waals surface area contributed by atoms with E-state index in [1.807, 2.05) is 26.0 Å². The van der Waals surface area contributed by atoms with Gasteiger partial charge in [-0.15, -0.1) is 0 Å². The monoisotopic (exact) mass is 293 g/mol. The van der Waals surface area contributed by atoms with Crippen LogP contribution >= 0.6 is 0 Å². The average molecular weight is 293 g/mol. The van der Waals surface area contributed by atoms with Crippen molar-refractivity contribution in [2.45, 2.75) is 12.8 Å². The number of aromatic nitrogens is 3. The molecule has 0 amide bonds. The molecule has 118 valence electrons. The fourth-order valence-corrected chi connectivity index (χ4v) is 2.55. The molecule has 1 aliphatic rings. The summed E-state index contributed by atoms with van der Waals surface area (Å²) in [6.07, 6.45) is 2.48. The molecule has 1 saturated heterocycles. The predicted molar refractivity (Wildman–Crippen MR) is 87.2 cm³/mol. The third kappa shape index (κ3) is 4.17. The van der Waals surface area contributed by atoms with Gasteiger partial charge < -0.3 is 20.0 Å². The number of nitrogens with one attached hydrogen (secondary N) is 1. The zero-order chi connectivity index (χ0) is 15.4.